The van der Waals surface area contributed by atoms with Crippen LogP contribution in [0.15, 0.2) is 0 Å². The molecule has 0 N–H and O–H groups in total. The SMILES string of the molecule is CO[SiH3].[O-2].[O-2].[Ti+4]. The summed E-state index contributed by atoms with van der Waals surface area (Å²) in [6, 6.07) is 0. The van der Waals surface area contributed by atoms with Gasteiger partial charge in [0.15, 0.2) is 0 Å². The van der Waals surface area contributed by atoms with E-state index in [9.17, 15) is 0 Å². The van der Waals surface area contributed by atoms with Gasteiger partial charge in [0.05, 0.1) is 0 Å². The largest absolute Gasteiger partial charge is 4.00 e. The molecule has 6 heavy (non-hydrogen) atoms. The van der Waals surface area contributed by atoms with Crippen molar-refractivity contribution >= 4 is 10.5 Å². The van der Waals surface area contributed by atoms with Crippen molar-refractivity contribution in [2.45, 2.75) is 0 Å². The Morgan fingerprint density at radius 3 is 1.33 bits per heavy atom. The number of hydrogen-bond acceptors (Lipinski definition) is 1. The fourth-order valence-electron chi connectivity index (χ4n) is 0. The van der Waals surface area contributed by atoms with Crippen molar-refractivity contribution in [3.8, 4) is 0 Å². The fourth-order valence-corrected chi connectivity index (χ4v) is 0. The van der Waals surface area contributed by atoms with Crippen LogP contribution in [0.4, 0.5) is 0 Å². The van der Waals surface area contributed by atoms with Crippen LogP contribution in [0.3, 0.4) is 0 Å². The van der Waals surface area contributed by atoms with E-state index in [-0.39, 0.29) is 32.7 Å². The fraction of sp³-hybridized carbons (Fsp3) is 1.00. The average molecular weight is 142 g/mol. The van der Waals surface area contributed by atoms with Crippen molar-refractivity contribution in [1.82, 2.24) is 0 Å². The molecule has 0 amide bonds. The van der Waals surface area contributed by atoms with Gasteiger partial charge in [0.1, 0.15) is 10.5 Å². The van der Waals surface area contributed by atoms with E-state index in [2.05, 4.69) is 4.43 Å². The van der Waals surface area contributed by atoms with E-state index in [0.29, 0.717) is 0 Å². The van der Waals surface area contributed by atoms with Crippen LogP contribution < -0.4 is 0 Å². The van der Waals surface area contributed by atoms with Crippen molar-refractivity contribution in [1.29, 1.82) is 0 Å². The molecule has 0 heterocycles. The summed E-state index contributed by atoms with van der Waals surface area (Å²) < 4.78 is 4.39. The summed E-state index contributed by atoms with van der Waals surface area (Å²) >= 11 is 0. The number of hydrogen-bond donors (Lipinski definition) is 0. The van der Waals surface area contributed by atoms with Crippen LogP contribution in [0.1, 0.15) is 0 Å². The maximum Gasteiger partial charge on any atom is 4.00 e. The first-order valence-electron chi connectivity index (χ1n) is 0.816. The summed E-state index contributed by atoms with van der Waals surface area (Å²) in [6.45, 7) is 0. The minimum Gasteiger partial charge on any atom is -2.00 e. The van der Waals surface area contributed by atoms with E-state index >= 15 is 0 Å². The molecule has 0 aromatic heterocycles. The molecule has 0 unspecified atom stereocenters. The molecule has 0 bridgehead atoms. The van der Waals surface area contributed by atoms with Gasteiger partial charge in [0, 0.05) is 7.11 Å². The van der Waals surface area contributed by atoms with Gasteiger partial charge in [-0.1, -0.05) is 0 Å². The third kappa shape index (κ3) is 106. The van der Waals surface area contributed by atoms with Crippen molar-refractivity contribution in [2.75, 3.05) is 7.11 Å². The molecule has 0 aliphatic heterocycles. The van der Waals surface area contributed by atoms with Crippen LogP contribution in [-0.2, 0) is 37.1 Å². The number of rotatable bonds is 0. The second kappa shape index (κ2) is 41.0. The molecule has 0 atom stereocenters. The van der Waals surface area contributed by atoms with Crippen molar-refractivity contribution in [2.24, 2.45) is 0 Å². The third-order valence-electron chi connectivity index (χ3n) is 0. The normalized spacial score (nSPS) is 3.50. The van der Waals surface area contributed by atoms with E-state index in [1.165, 1.54) is 0 Å². The Hall–Kier alpha value is 0.811. The second-order valence-electron chi connectivity index (χ2n) is 0.408. The Bertz CT molecular complexity index is 10.8. The predicted octanol–water partition coefficient (Wildman–Crippen LogP) is -1.33. The quantitative estimate of drug-likeness (QED) is 0.386. The molecule has 0 rings (SSSR count). The van der Waals surface area contributed by atoms with Gasteiger partial charge in [0.25, 0.3) is 0 Å². The van der Waals surface area contributed by atoms with Gasteiger partial charge in [-0.2, -0.15) is 0 Å². The molecule has 0 fully saturated rings. The molecule has 0 saturated heterocycles. The third-order valence-corrected chi connectivity index (χ3v) is 0. The Morgan fingerprint density at radius 2 is 1.33 bits per heavy atom. The predicted molar refractivity (Wildman–Crippen MR) is 18.3 cm³/mol. The van der Waals surface area contributed by atoms with Crippen molar-refractivity contribution < 1.29 is 37.1 Å². The second-order valence-corrected chi connectivity index (χ2v) is 1.22. The summed E-state index contributed by atoms with van der Waals surface area (Å²) in [5.41, 5.74) is 0. The van der Waals surface area contributed by atoms with Gasteiger partial charge in [-0.15, -0.1) is 0 Å². The molecule has 0 aromatic carbocycles. The molecule has 0 spiro atoms. The van der Waals surface area contributed by atoms with Crippen LogP contribution >= 0.6 is 0 Å². The Morgan fingerprint density at radius 1 is 1.33 bits per heavy atom. The van der Waals surface area contributed by atoms with Crippen LogP contribution in [0.5, 0.6) is 0 Å². The molecular formula is CH6O3SiTi. The summed E-state index contributed by atoms with van der Waals surface area (Å²) in [5.74, 6) is 0. The molecule has 0 aromatic rings. The average Bonchev–Trinajstić information content (AvgIpc) is 0.918. The Balaban J connectivity index is -0.00000000667. The van der Waals surface area contributed by atoms with Crippen LogP contribution in [-0.4, -0.2) is 17.6 Å². The van der Waals surface area contributed by atoms with E-state index in [0.717, 1.165) is 10.5 Å². The van der Waals surface area contributed by atoms with Gasteiger partial charge >= 0.3 is 21.7 Å². The van der Waals surface area contributed by atoms with Crippen LogP contribution in [0.25, 0.3) is 0 Å². The zero-order valence-electron chi connectivity index (χ0n) is 3.72. The molecule has 0 aliphatic carbocycles. The molecular weight excluding hydrogens is 136 g/mol. The van der Waals surface area contributed by atoms with Gasteiger partial charge in [-0.3, -0.25) is 0 Å². The van der Waals surface area contributed by atoms with Crippen LogP contribution in [0, 0.1) is 0 Å². The molecule has 0 saturated carbocycles. The van der Waals surface area contributed by atoms with Gasteiger partial charge in [-0.05, 0) is 0 Å². The van der Waals surface area contributed by atoms with Crippen molar-refractivity contribution in [3.05, 3.63) is 0 Å². The van der Waals surface area contributed by atoms with Gasteiger partial charge in [0.2, 0.25) is 0 Å². The Labute approximate surface area is 55.1 Å². The van der Waals surface area contributed by atoms with E-state index in [1.807, 2.05) is 0 Å². The summed E-state index contributed by atoms with van der Waals surface area (Å²) in [6.07, 6.45) is 0. The van der Waals surface area contributed by atoms with E-state index in [1.54, 1.807) is 7.11 Å². The minimum absolute atomic E-state index is 0. The van der Waals surface area contributed by atoms with Gasteiger partial charge in [-0.25, -0.2) is 0 Å². The summed E-state index contributed by atoms with van der Waals surface area (Å²) in [5, 5.41) is 0. The molecule has 5 heteroatoms. The molecule has 36 valence electrons. The molecule has 3 nitrogen and oxygen atoms in total. The topological polar surface area (TPSA) is 66.2 Å². The molecule has 0 aliphatic rings. The minimum atomic E-state index is 0. The first kappa shape index (κ1) is 29.1. The zero-order valence-corrected chi connectivity index (χ0v) is 7.29. The first-order valence-corrected chi connectivity index (χ1v) is 1.63. The van der Waals surface area contributed by atoms with Gasteiger partial charge < -0.3 is 15.4 Å². The van der Waals surface area contributed by atoms with E-state index < -0.39 is 0 Å². The monoisotopic (exact) mass is 142 g/mol. The Kier molecular flexibility index (Phi) is 199. The first-order chi connectivity index (χ1) is 1.41. The standard InChI is InChI=1S/CH6OSi.2O.Ti/c1-2-3;;;/h1,3H3;;;/q;2*-2;+4. The van der Waals surface area contributed by atoms with Crippen LogP contribution in [0.2, 0.25) is 0 Å². The summed E-state index contributed by atoms with van der Waals surface area (Å²) in [7, 11) is 2.56. The van der Waals surface area contributed by atoms with E-state index in [4.69, 9.17) is 0 Å². The smallest absolute Gasteiger partial charge is 2.00 e. The molecule has 0 radical (unpaired) electrons. The maximum atomic E-state index is 4.39. The van der Waals surface area contributed by atoms with Crippen molar-refractivity contribution in [3.63, 3.8) is 0 Å². The maximum absolute atomic E-state index is 4.39. The zero-order chi connectivity index (χ0) is 2.71. The summed E-state index contributed by atoms with van der Waals surface area (Å²) in [4.78, 5) is 0.